The van der Waals surface area contributed by atoms with Gasteiger partial charge < -0.3 is 9.80 Å². The first kappa shape index (κ1) is 15.4. The topological polar surface area (TPSA) is 18.8 Å². The van der Waals surface area contributed by atoms with Gasteiger partial charge in [0, 0.05) is 19.6 Å². The summed E-state index contributed by atoms with van der Waals surface area (Å²) in [5.41, 5.74) is 2.69. The highest BCUT2D eigenvalue weighted by atomic mass is 79.9. The maximum Gasteiger partial charge on any atom is 0.205 e. The first-order chi connectivity index (χ1) is 9.42. The zero-order valence-corrected chi connectivity index (χ0v) is 13.9. The Labute approximate surface area is 132 Å². The Hall–Kier alpha value is -1.03. The van der Waals surface area contributed by atoms with E-state index >= 15 is 0 Å². The molecule has 20 heavy (non-hydrogen) atoms. The van der Waals surface area contributed by atoms with E-state index in [0.717, 1.165) is 19.6 Å². The molecule has 0 saturated carbocycles. The summed E-state index contributed by atoms with van der Waals surface area (Å²) < 4.78 is 0. The van der Waals surface area contributed by atoms with Gasteiger partial charge in [-0.2, -0.15) is 0 Å². The van der Waals surface area contributed by atoms with Crippen molar-refractivity contribution in [1.82, 2.24) is 0 Å². The van der Waals surface area contributed by atoms with Crippen molar-refractivity contribution in [3.63, 3.8) is 0 Å². The van der Waals surface area contributed by atoms with Crippen LogP contribution in [-0.4, -0.2) is 25.6 Å². The van der Waals surface area contributed by atoms with E-state index < -0.39 is 0 Å². The summed E-state index contributed by atoms with van der Waals surface area (Å²) in [5.74, 6) is 1.18. The summed E-state index contributed by atoms with van der Waals surface area (Å²) in [4.78, 5) is 9.56. The second-order valence-corrected chi connectivity index (χ2v) is 5.39. The Bertz CT molecular complexity index is 473. The Morgan fingerprint density at radius 3 is 2.70 bits per heavy atom. The molecule has 110 valence electrons. The fraction of sp³-hybridized carbons (Fsp3) is 0.562. The molecule has 0 saturated heterocycles. The molecule has 0 spiro atoms. The predicted molar refractivity (Wildman–Crippen MR) is 92.5 cm³/mol. The molecule has 3 nitrogen and oxygen atoms in total. The van der Waals surface area contributed by atoms with Crippen LogP contribution >= 0.6 is 17.0 Å². The monoisotopic (exact) mass is 337 g/mol. The molecule has 2 heterocycles. The smallest absolute Gasteiger partial charge is 0.205 e. The summed E-state index contributed by atoms with van der Waals surface area (Å²) in [6, 6.07) is 8.72. The molecular formula is C16H24BrN3. The molecule has 2 aliphatic heterocycles. The van der Waals surface area contributed by atoms with Crippen LogP contribution in [0.3, 0.4) is 0 Å². The highest BCUT2D eigenvalue weighted by Crippen LogP contribution is 2.38. The lowest BCUT2D eigenvalue weighted by Crippen LogP contribution is -2.42. The third-order valence-corrected chi connectivity index (χ3v) is 3.97. The number of rotatable bonds is 5. The van der Waals surface area contributed by atoms with E-state index in [4.69, 9.17) is 4.99 Å². The van der Waals surface area contributed by atoms with Crippen LogP contribution in [0.1, 0.15) is 39.0 Å². The van der Waals surface area contributed by atoms with Gasteiger partial charge in [-0.05, 0) is 25.0 Å². The van der Waals surface area contributed by atoms with Crippen molar-refractivity contribution in [2.24, 2.45) is 4.99 Å². The summed E-state index contributed by atoms with van der Waals surface area (Å²) in [6.45, 7) is 5.46. The lowest BCUT2D eigenvalue weighted by Gasteiger charge is -2.26. The van der Waals surface area contributed by atoms with Gasteiger partial charge in [0.25, 0.3) is 0 Å². The van der Waals surface area contributed by atoms with Gasteiger partial charge in [-0.15, -0.1) is 17.0 Å². The van der Waals surface area contributed by atoms with Crippen LogP contribution in [0.5, 0.6) is 0 Å². The molecule has 0 aromatic heterocycles. The summed E-state index contributed by atoms with van der Waals surface area (Å²) in [6.07, 6.45) is 6.38. The van der Waals surface area contributed by atoms with Crippen LogP contribution in [-0.2, 0) is 0 Å². The molecule has 3 rings (SSSR count). The van der Waals surface area contributed by atoms with Crippen molar-refractivity contribution in [3.05, 3.63) is 24.3 Å². The van der Waals surface area contributed by atoms with Crippen LogP contribution < -0.4 is 9.80 Å². The highest BCUT2D eigenvalue weighted by Gasteiger charge is 2.32. The van der Waals surface area contributed by atoms with Gasteiger partial charge in [-0.3, -0.25) is 4.99 Å². The number of anilines is 2. The summed E-state index contributed by atoms with van der Waals surface area (Å²) in [5, 5.41) is 0. The quantitative estimate of drug-likeness (QED) is 0.748. The van der Waals surface area contributed by atoms with E-state index in [2.05, 4.69) is 41.0 Å². The van der Waals surface area contributed by atoms with Gasteiger partial charge in [-0.25, -0.2) is 0 Å². The first-order valence-corrected chi connectivity index (χ1v) is 7.60. The molecule has 0 N–H and O–H groups in total. The predicted octanol–water partition coefficient (Wildman–Crippen LogP) is 4.23. The molecule has 0 aliphatic carbocycles. The van der Waals surface area contributed by atoms with Gasteiger partial charge in [0.15, 0.2) is 0 Å². The van der Waals surface area contributed by atoms with Crippen LogP contribution in [0.15, 0.2) is 29.3 Å². The van der Waals surface area contributed by atoms with Crippen molar-refractivity contribution >= 4 is 34.3 Å². The molecule has 1 aromatic rings. The molecule has 2 aliphatic rings. The molecule has 1 aromatic carbocycles. The fourth-order valence-electron chi connectivity index (χ4n) is 3.00. The van der Waals surface area contributed by atoms with Crippen molar-refractivity contribution in [3.8, 4) is 0 Å². The number of hydrogen-bond donors (Lipinski definition) is 0. The normalized spacial score (nSPS) is 16.4. The Kier molecular flexibility index (Phi) is 5.46. The van der Waals surface area contributed by atoms with Crippen LogP contribution in [0.2, 0.25) is 0 Å². The second kappa shape index (κ2) is 7.11. The minimum atomic E-state index is 0. The van der Waals surface area contributed by atoms with E-state index in [1.165, 1.54) is 49.4 Å². The van der Waals surface area contributed by atoms with Crippen molar-refractivity contribution < 1.29 is 0 Å². The van der Waals surface area contributed by atoms with E-state index in [1.807, 2.05) is 0 Å². The van der Waals surface area contributed by atoms with Gasteiger partial charge in [0.1, 0.15) is 0 Å². The van der Waals surface area contributed by atoms with Gasteiger partial charge in [0.05, 0.1) is 11.4 Å². The molecule has 0 radical (unpaired) electrons. The first-order valence-electron chi connectivity index (χ1n) is 7.60. The molecule has 0 atom stereocenters. The average molecular weight is 338 g/mol. The standard InChI is InChI=1S/C16H23N3.BrH/c1-2-3-4-7-12-18-14-9-5-6-10-15(14)19-13-8-11-17-16(18)19;/h5-6,9-10H,2-4,7-8,11-13H2,1H3;1H. The van der Waals surface area contributed by atoms with Gasteiger partial charge in [-0.1, -0.05) is 38.3 Å². The second-order valence-electron chi connectivity index (χ2n) is 5.39. The lowest BCUT2D eigenvalue weighted by atomic mass is 10.2. The summed E-state index contributed by atoms with van der Waals surface area (Å²) >= 11 is 0. The number of halogens is 1. The molecule has 0 fully saturated rings. The van der Waals surface area contributed by atoms with Gasteiger partial charge in [0.2, 0.25) is 5.96 Å². The minimum Gasteiger partial charge on any atom is -0.310 e. The Morgan fingerprint density at radius 2 is 1.90 bits per heavy atom. The molecule has 4 heteroatoms. The van der Waals surface area contributed by atoms with E-state index in [-0.39, 0.29) is 17.0 Å². The van der Waals surface area contributed by atoms with E-state index in [0.29, 0.717) is 0 Å². The largest absolute Gasteiger partial charge is 0.310 e. The molecule has 0 amide bonds. The van der Waals surface area contributed by atoms with Crippen LogP contribution in [0.4, 0.5) is 11.4 Å². The molecule has 0 bridgehead atoms. The third kappa shape index (κ3) is 2.85. The van der Waals surface area contributed by atoms with Crippen molar-refractivity contribution in [1.29, 1.82) is 0 Å². The highest BCUT2D eigenvalue weighted by molar-refractivity contribution is 8.93. The van der Waals surface area contributed by atoms with Crippen molar-refractivity contribution in [2.45, 2.75) is 39.0 Å². The summed E-state index contributed by atoms with van der Waals surface area (Å²) in [7, 11) is 0. The number of unbranched alkanes of at least 4 members (excludes halogenated alkanes) is 3. The van der Waals surface area contributed by atoms with E-state index in [9.17, 15) is 0 Å². The number of guanidine groups is 1. The Balaban J connectivity index is 0.00000147. The molecule has 0 unspecified atom stereocenters. The number of para-hydroxylation sites is 2. The van der Waals surface area contributed by atoms with Crippen molar-refractivity contribution in [2.75, 3.05) is 29.4 Å². The third-order valence-electron chi connectivity index (χ3n) is 3.97. The number of aliphatic imine (C=N–C) groups is 1. The lowest BCUT2D eigenvalue weighted by molar-refractivity contribution is 0.669. The number of nitrogens with zero attached hydrogens (tertiary/aromatic N) is 3. The average Bonchev–Trinajstić information content (AvgIpc) is 2.78. The SMILES string of the molecule is Br.CCCCCCN1C2=NCCCN2c2ccccc21. The van der Waals surface area contributed by atoms with E-state index in [1.54, 1.807) is 0 Å². The number of benzene rings is 1. The van der Waals surface area contributed by atoms with Crippen LogP contribution in [0, 0.1) is 0 Å². The zero-order chi connectivity index (χ0) is 13.1. The molecular weight excluding hydrogens is 314 g/mol. The minimum absolute atomic E-state index is 0. The fourth-order valence-corrected chi connectivity index (χ4v) is 3.00. The maximum absolute atomic E-state index is 4.76. The Morgan fingerprint density at radius 1 is 1.10 bits per heavy atom. The zero-order valence-electron chi connectivity index (χ0n) is 12.2. The van der Waals surface area contributed by atoms with Crippen LogP contribution in [0.25, 0.3) is 0 Å². The maximum atomic E-state index is 4.76. The van der Waals surface area contributed by atoms with Gasteiger partial charge >= 0.3 is 0 Å². The number of hydrogen-bond acceptors (Lipinski definition) is 3. The number of fused-ring (bicyclic) bond motifs is 3.